The molecule has 1 aliphatic rings. The summed E-state index contributed by atoms with van der Waals surface area (Å²) in [4.78, 5) is 4.25. The Hall–Kier alpha value is -1.15. The van der Waals surface area contributed by atoms with Gasteiger partial charge in [-0.15, -0.1) is 22.0 Å². The summed E-state index contributed by atoms with van der Waals surface area (Å²) < 4.78 is 5.01. The van der Waals surface area contributed by atoms with Gasteiger partial charge in [-0.05, 0) is 67.2 Å². The van der Waals surface area contributed by atoms with Crippen LogP contribution < -0.4 is 0 Å². The molecular weight excluding hydrogens is 416 g/mol. The Kier molecular flexibility index (Phi) is 8.14. The first-order valence-corrected chi connectivity index (χ1v) is 11.7. The van der Waals surface area contributed by atoms with E-state index in [1.807, 2.05) is 49.3 Å². The van der Waals surface area contributed by atoms with Crippen molar-refractivity contribution >= 4 is 35.3 Å². The number of aromatic nitrogens is 8. The van der Waals surface area contributed by atoms with Crippen LogP contribution in [0.5, 0.6) is 0 Å². The number of thioether (sulfide) groups is 3. The predicted molar refractivity (Wildman–Crippen MR) is 113 cm³/mol. The van der Waals surface area contributed by atoms with Gasteiger partial charge in [0.05, 0.1) is 13.1 Å². The SMILES string of the molecule is CN(C)CCn1nnnc1SCC1CC=C(Sc2nnnn2CCN(C)C)S1. The molecule has 1 aliphatic heterocycles. The van der Waals surface area contributed by atoms with Crippen molar-refractivity contribution in [3.63, 3.8) is 0 Å². The monoisotopic (exact) mass is 442 g/mol. The Bertz CT molecular complexity index is 772. The molecule has 0 fully saturated rings. The number of rotatable bonds is 11. The molecule has 3 rings (SSSR count). The van der Waals surface area contributed by atoms with Crippen molar-refractivity contribution in [2.75, 3.05) is 47.0 Å². The van der Waals surface area contributed by atoms with Gasteiger partial charge in [0.25, 0.3) is 0 Å². The third kappa shape index (κ3) is 6.44. The first kappa shape index (κ1) is 21.6. The Labute approximate surface area is 177 Å². The number of likely N-dealkylation sites (N-methyl/N-ethyl adjacent to an activating group) is 2. The summed E-state index contributed by atoms with van der Waals surface area (Å²) in [6.45, 7) is 3.42. The van der Waals surface area contributed by atoms with E-state index < -0.39 is 0 Å². The van der Waals surface area contributed by atoms with E-state index in [2.05, 4.69) is 46.9 Å². The molecule has 0 aromatic carbocycles. The van der Waals surface area contributed by atoms with E-state index in [1.165, 1.54) is 4.24 Å². The van der Waals surface area contributed by atoms with Crippen LogP contribution in [0.1, 0.15) is 6.42 Å². The topological polar surface area (TPSA) is 93.7 Å². The highest BCUT2D eigenvalue weighted by Crippen LogP contribution is 2.43. The van der Waals surface area contributed by atoms with E-state index in [9.17, 15) is 0 Å². The zero-order valence-corrected chi connectivity index (χ0v) is 19.0. The average molecular weight is 443 g/mol. The van der Waals surface area contributed by atoms with E-state index in [1.54, 1.807) is 23.5 Å². The molecule has 0 saturated carbocycles. The number of hydrogen-bond acceptors (Lipinski definition) is 11. The van der Waals surface area contributed by atoms with Crippen molar-refractivity contribution in [3.8, 4) is 0 Å². The van der Waals surface area contributed by atoms with Crippen LogP contribution in [0.15, 0.2) is 20.6 Å². The molecule has 154 valence electrons. The van der Waals surface area contributed by atoms with E-state index in [0.29, 0.717) is 5.25 Å². The highest BCUT2D eigenvalue weighted by atomic mass is 32.2. The fourth-order valence-corrected chi connectivity index (χ4v) is 5.88. The first-order chi connectivity index (χ1) is 13.5. The molecule has 1 unspecified atom stereocenters. The minimum Gasteiger partial charge on any atom is -0.308 e. The highest BCUT2D eigenvalue weighted by Gasteiger charge is 2.22. The second kappa shape index (κ2) is 10.6. The van der Waals surface area contributed by atoms with Crippen LogP contribution in [-0.4, -0.2) is 102 Å². The van der Waals surface area contributed by atoms with Gasteiger partial charge in [-0.1, -0.05) is 17.8 Å². The smallest absolute Gasteiger partial charge is 0.214 e. The maximum absolute atomic E-state index is 4.17. The maximum Gasteiger partial charge on any atom is 0.214 e. The Balaban J connectivity index is 1.45. The van der Waals surface area contributed by atoms with E-state index in [0.717, 1.165) is 48.7 Å². The fourth-order valence-electron chi connectivity index (χ4n) is 2.35. The van der Waals surface area contributed by atoms with Gasteiger partial charge in [-0.25, -0.2) is 9.36 Å². The second-order valence-corrected chi connectivity index (χ2v) is 10.5. The van der Waals surface area contributed by atoms with Crippen LogP contribution in [0, 0.1) is 0 Å². The molecule has 2 aromatic rings. The lowest BCUT2D eigenvalue weighted by atomic mass is 10.3. The quantitative estimate of drug-likeness (QED) is 0.467. The molecule has 3 heterocycles. The van der Waals surface area contributed by atoms with E-state index in [4.69, 9.17) is 0 Å². The van der Waals surface area contributed by atoms with Gasteiger partial charge in [0, 0.05) is 28.3 Å². The van der Waals surface area contributed by atoms with Crippen molar-refractivity contribution in [1.82, 2.24) is 50.2 Å². The fraction of sp³-hybridized carbons (Fsp3) is 0.733. The molecule has 0 saturated heterocycles. The number of hydrogen-bond donors (Lipinski definition) is 0. The summed E-state index contributed by atoms with van der Waals surface area (Å²) in [5, 5.41) is 26.4. The van der Waals surface area contributed by atoms with E-state index in [-0.39, 0.29) is 0 Å². The minimum atomic E-state index is 0.512. The zero-order valence-electron chi connectivity index (χ0n) is 16.6. The molecule has 0 aliphatic carbocycles. The molecule has 0 amide bonds. The number of allylic oxidation sites excluding steroid dienone is 1. The van der Waals surface area contributed by atoms with Gasteiger partial charge in [0.2, 0.25) is 10.3 Å². The molecule has 0 spiro atoms. The average Bonchev–Trinajstić information content (AvgIpc) is 3.38. The van der Waals surface area contributed by atoms with Crippen LogP contribution in [0.25, 0.3) is 0 Å². The summed E-state index contributed by atoms with van der Waals surface area (Å²) in [6.07, 6.45) is 3.32. The van der Waals surface area contributed by atoms with Crippen molar-refractivity contribution in [3.05, 3.63) is 10.3 Å². The summed E-state index contributed by atoms with van der Waals surface area (Å²) in [5.41, 5.74) is 0. The third-order valence-electron chi connectivity index (χ3n) is 3.94. The van der Waals surface area contributed by atoms with Crippen LogP contribution in [-0.2, 0) is 13.1 Å². The second-order valence-electron chi connectivity index (χ2n) is 6.89. The molecule has 0 N–H and O–H groups in total. The first-order valence-electron chi connectivity index (χ1n) is 9.00. The lowest BCUT2D eigenvalue weighted by Crippen LogP contribution is -2.19. The molecule has 10 nitrogen and oxygen atoms in total. The van der Waals surface area contributed by atoms with Gasteiger partial charge in [0.15, 0.2) is 0 Å². The third-order valence-corrected chi connectivity index (χ3v) is 7.74. The molecule has 0 radical (unpaired) electrons. The van der Waals surface area contributed by atoms with Crippen LogP contribution in [0.4, 0.5) is 0 Å². The summed E-state index contributed by atoms with van der Waals surface area (Å²) in [7, 11) is 8.19. The molecular formula is C15H26N10S3. The number of nitrogens with zero attached hydrogens (tertiary/aromatic N) is 10. The van der Waals surface area contributed by atoms with Crippen LogP contribution in [0.3, 0.4) is 0 Å². The van der Waals surface area contributed by atoms with Gasteiger partial charge in [0.1, 0.15) is 0 Å². The maximum atomic E-state index is 4.17. The lowest BCUT2D eigenvalue weighted by molar-refractivity contribution is 0.361. The van der Waals surface area contributed by atoms with Crippen molar-refractivity contribution < 1.29 is 0 Å². The largest absolute Gasteiger partial charge is 0.308 e. The van der Waals surface area contributed by atoms with Gasteiger partial charge < -0.3 is 9.80 Å². The molecule has 13 heteroatoms. The van der Waals surface area contributed by atoms with Gasteiger partial charge >= 0.3 is 0 Å². The van der Waals surface area contributed by atoms with Gasteiger partial charge in [-0.3, -0.25) is 0 Å². The van der Waals surface area contributed by atoms with Crippen molar-refractivity contribution in [2.45, 2.75) is 35.1 Å². The highest BCUT2D eigenvalue weighted by molar-refractivity contribution is 8.22. The van der Waals surface area contributed by atoms with Crippen LogP contribution in [0.2, 0.25) is 0 Å². The lowest BCUT2D eigenvalue weighted by Gasteiger charge is -2.12. The van der Waals surface area contributed by atoms with E-state index >= 15 is 0 Å². The Morgan fingerprint density at radius 1 is 1.00 bits per heavy atom. The normalized spacial score (nSPS) is 17.1. The number of tetrazole rings is 2. The summed E-state index contributed by atoms with van der Waals surface area (Å²) >= 11 is 5.26. The minimum absolute atomic E-state index is 0.512. The summed E-state index contributed by atoms with van der Waals surface area (Å²) in [6, 6.07) is 0. The molecule has 2 aromatic heterocycles. The standard InChI is InChI=1S/C15H26N10S3/c1-22(2)7-9-24-14(16-18-20-24)26-11-12-5-6-13(27-12)28-15-17-19-21-25(15)10-8-23(3)4/h6,12H,5,7-11H2,1-4H3. The van der Waals surface area contributed by atoms with Gasteiger partial charge in [-0.2, -0.15) is 0 Å². The van der Waals surface area contributed by atoms with Crippen molar-refractivity contribution in [1.29, 1.82) is 0 Å². The molecule has 0 bridgehead atoms. The molecule has 28 heavy (non-hydrogen) atoms. The summed E-state index contributed by atoms with van der Waals surface area (Å²) in [5.74, 6) is 0.971. The molecule has 1 atom stereocenters. The Morgan fingerprint density at radius 3 is 2.25 bits per heavy atom. The zero-order chi connectivity index (χ0) is 19.9. The Morgan fingerprint density at radius 2 is 1.61 bits per heavy atom. The van der Waals surface area contributed by atoms with Crippen LogP contribution >= 0.6 is 35.3 Å². The van der Waals surface area contributed by atoms with Crippen molar-refractivity contribution in [2.24, 2.45) is 0 Å². The predicted octanol–water partition coefficient (Wildman–Crippen LogP) is 1.01.